The third kappa shape index (κ3) is 3.34. The molecule has 1 atom stereocenters. The van der Waals surface area contributed by atoms with E-state index in [2.05, 4.69) is 9.97 Å². The van der Waals surface area contributed by atoms with Crippen LogP contribution in [0.2, 0.25) is 0 Å². The zero-order valence-corrected chi connectivity index (χ0v) is 16.1. The van der Waals surface area contributed by atoms with Crippen LogP contribution in [0.1, 0.15) is 27.2 Å². The fraction of sp³-hybridized carbons (Fsp3) is 0.316. The molecule has 28 heavy (non-hydrogen) atoms. The second-order valence-electron chi connectivity index (χ2n) is 6.18. The lowest BCUT2D eigenvalue weighted by Crippen LogP contribution is -2.26. The number of aryl methyl sites for hydroxylation is 1. The zero-order chi connectivity index (χ0) is 19.7. The molecule has 0 bridgehead atoms. The van der Waals surface area contributed by atoms with Gasteiger partial charge in [0.2, 0.25) is 0 Å². The molecule has 3 heterocycles. The van der Waals surface area contributed by atoms with Crippen molar-refractivity contribution in [2.24, 2.45) is 0 Å². The number of benzene rings is 1. The number of methoxy groups -OCH3 is 1. The third-order valence-corrected chi connectivity index (χ3v) is 5.50. The Balaban J connectivity index is 1.65. The predicted octanol–water partition coefficient (Wildman–Crippen LogP) is 2.61. The Hall–Kier alpha value is -2.91. The molecule has 146 valence electrons. The minimum absolute atomic E-state index is 0.144. The summed E-state index contributed by atoms with van der Waals surface area (Å²) in [4.78, 5) is 33.0. The summed E-state index contributed by atoms with van der Waals surface area (Å²) in [5.41, 5.74) is 0.223. The number of esters is 1. The molecule has 1 N–H and O–H groups in total. The lowest BCUT2D eigenvalue weighted by molar-refractivity contribution is 0.0393. The predicted molar refractivity (Wildman–Crippen MR) is 102 cm³/mol. The van der Waals surface area contributed by atoms with Crippen molar-refractivity contribution in [2.45, 2.75) is 13.0 Å². The Morgan fingerprint density at radius 3 is 2.89 bits per heavy atom. The Morgan fingerprint density at radius 2 is 2.11 bits per heavy atom. The highest BCUT2D eigenvalue weighted by Crippen LogP contribution is 2.35. The van der Waals surface area contributed by atoms with E-state index >= 15 is 0 Å². The highest BCUT2D eigenvalue weighted by atomic mass is 32.1. The molecule has 9 heteroatoms. The van der Waals surface area contributed by atoms with E-state index in [9.17, 15) is 9.59 Å². The Bertz CT molecular complexity index is 1090. The normalized spacial score (nSPS) is 15.6. The maximum Gasteiger partial charge on any atom is 0.348 e. The number of nitrogens with one attached hydrogen (secondary N) is 1. The minimum Gasteiger partial charge on any atom is -0.485 e. The maximum atomic E-state index is 12.6. The number of carbonyl (C=O) groups is 1. The molecule has 0 spiro atoms. The van der Waals surface area contributed by atoms with Gasteiger partial charge in [0, 0.05) is 7.11 Å². The number of carbonyl (C=O) groups excluding carboxylic acids is 1. The van der Waals surface area contributed by atoms with Crippen LogP contribution in [0.4, 0.5) is 0 Å². The van der Waals surface area contributed by atoms with Crippen LogP contribution in [0.3, 0.4) is 0 Å². The van der Waals surface area contributed by atoms with Crippen LogP contribution in [-0.4, -0.2) is 42.9 Å². The summed E-state index contributed by atoms with van der Waals surface area (Å²) in [6.45, 7) is 2.38. The van der Waals surface area contributed by atoms with Crippen LogP contribution in [0.5, 0.6) is 11.5 Å². The minimum atomic E-state index is -0.550. The number of aromatic amines is 1. The summed E-state index contributed by atoms with van der Waals surface area (Å²) >= 11 is 1.13. The van der Waals surface area contributed by atoms with Crippen LogP contribution in [0.15, 0.2) is 29.1 Å². The number of nitrogens with zero attached hydrogens (tertiary/aromatic N) is 1. The molecule has 2 aromatic heterocycles. The van der Waals surface area contributed by atoms with E-state index < -0.39 is 12.1 Å². The average Bonchev–Trinajstić information content (AvgIpc) is 3.04. The molecule has 4 rings (SSSR count). The van der Waals surface area contributed by atoms with Crippen molar-refractivity contribution in [3.63, 3.8) is 0 Å². The van der Waals surface area contributed by atoms with Gasteiger partial charge >= 0.3 is 5.97 Å². The molecular weight excluding hydrogens is 384 g/mol. The van der Waals surface area contributed by atoms with Gasteiger partial charge in [-0.3, -0.25) is 4.79 Å². The van der Waals surface area contributed by atoms with E-state index in [-0.39, 0.29) is 18.8 Å². The van der Waals surface area contributed by atoms with Crippen molar-refractivity contribution < 1.29 is 23.7 Å². The lowest BCUT2D eigenvalue weighted by Gasteiger charge is -2.25. The molecule has 0 aliphatic carbocycles. The van der Waals surface area contributed by atoms with Gasteiger partial charge in [-0.2, -0.15) is 0 Å². The van der Waals surface area contributed by atoms with E-state index in [1.165, 1.54) is 7.11 Å². The first kappa shape index (κ1) is 18.5. The second-order valence-corrected chi connectivity index (χ2v) is 7.18. The molecule has 3 aromatic rings. The van der Waals surface area contributed by atoms with Gasteiger partial charge in [0.05, 0.1) is 12.0 Å². The van der Waals surface area contributed by atoms with E-state index in [4.69, 9.17) is 18.9 Å². The molecule has 0 fully saturated rings. The smallest absolute Gasteiger partial charge is 0.348 e. The van der Waals surface area contributed by atoms with Gasteiger partial charge in [-0.25, -0.2) is 9.78 Å². The highest BCUT2D eigenvalue weighted by Gasteiger charge is 2.27. The number of ether oxygens (including phenoxy) is 4. The van der Waals surface area contributed by atoms with Crippen LogP contribution >= 0.6 is 11.3 Å². The van der Waals surface area contributed by atoms with Crippen molar-refractivity contribution in [2.75, 3.05) is 26.9 Å². The van der Waals surface area contributed by atoms with Crippen molar-refractivity contribution in [1.29, 1.82) is 0 Å². The number of H-pyrrole nitrogens is 1. The average molecular weight is 402 g/mol. The van der Waals surface area contributed by atoms with Crippen molar-refractivity contribution >= 4 is 27.5 Å². The molecule has 0 saturated heterocycles. The summed E-state index contributed by atoms with van der Waals surface area (Å²) in [7, 11) is 1.53. The second kappa shape index (κ2) is 7.61. The van der Waals surface area contributed by atoms with E-state index in [1.807, 2.05) is 18.2 Å². The first-order valence-corrected chi connectivity index (χ1v) is 9.48. The summed E-state index contributed by atoms with van der Waals surface area (Å²) in [6, 6.07) is 7.31. The van der Waals surface area contributed by atoms with Crippen LogP contribution in [-0.2, 0) is 9.47 Å². The van der Waals surface area contributed by atoms with Gasteiger partial charge in [-0.1, -0.05) is 12.1 Å². The summed E-state index contributed by atoms with van der Waals surface area (Å²) in [5.74, 6) is 1.10. The number of hydrogen-bond acceptors (Lipinski definition) is 8. The molecule has 1 unspecified atom stereocenters. The first-order chi connectivity index (χ1) is 13.6. The number of rotatable bonds is 5. The van der Waals surface area contributed by atoms with Gasteiger partial charge in [-0.05, 0) is 24.6 Å². The molecule has 1 aliphatic heterocycles. The number of aromatic nitrogens is 2. The summed E-state index contributed by atoms with van der Waals surface area (Å²) in [6.07, 6.45) is -0.550. The summed E-state index contributed by atoms with van der Waals surface area (Å²) in [5, 5.41) is 0.379. The number of hydrogen-bond donors (Lipinski definition) is 1. The van der Waals surface area contributed by atoms with Crippen molar-refractivity contribution in [3.8, 4) is 11.5 Å². The Labute approximate surface area is 164 Å². The molecule has 1 aliphatic rings. The van der Waals surface area contributed by atoms with Crippen molar-refractivity contribution in [1.82, 2.24) is 9.97 Å². The summed E-state index contributed by atoms with van der Waals surface area (Å²) < 4.78 is 21.7. The fourth-order valence-corrected chi connectivity index (χ4v) is 4.03. The van der Waals surface area contributed by atoms with Gasteiger partial charge in [-0.15, -0.1) is 11.3 Å². The number of thiophene rings is 1. The first-order valence-electron chi connectivity index (χ1n) is 8.66. The molecule has 8 nitrogen and oxygen atoms in total. The van der Waals surface area contributed by atoms with Crippen molar-refractivity contribution in [3.05, 3.63) is 50.9 Å². The largest absolute Gasteiger partial charge is 0.485 e. The monoisotopic (exact) mass is 402 g/mol. The van der Waals surface area contributed by atoms with Crippen LogP contribution in [0, 0.1) is 6.92 Å². The molecule has 0 saturated carbocycles. The SMILES string of the molecule is COCCOC(=O)c1sc2nc(C3COc4ccccc4O3)[nH]c(=O)c2c1C. The zero-order valence-electron chi connectivity index (χ0n) is 15.3. The molecule has 0 amide bonds. The van der Waals surface area contributed by atoms with Gasteiger partial charge in [0.15, 0.2) is 23.4 Å². The van der Waals surface area contributed by atoms with E-state index in [0.29, 0.717) is 44.6 Å². The highest BCUT2D eigenvalue weighted by molar-refractivity contribution is 7.20. The third-order valence-electron chi connectivity index (χ3n) is 4.34. The fourth-order valence-electron chi connectivity index (χ4n) is 2.95. The van der Waals surface area contributed by atoms with Gasteiger partial charge in [0.25, 0.3) is 5.56 Å². The molecule has 0 radical (unpaired) electrons. The topological polar surface area (TPSA) is 99.7 Å². The van der Waals surface area contributed by atoms with Gasteiger partial charge in [0.1, 0.15) is 22.9 Å². The Kier molecular flexibility index (Phi) is 5.01. The molecular formula is C19H18N2O6S. The number of fused-ring (bicyclic) bond motifs is 2. The standard InChI is InChI=1S/C19H18N2O6S/c1-10-14-17(22)20-16(13-9-26-11-5-3-4-6-12(11)27-13)21-18(14)28-15(10)19(23)25-8-7-24-2/h3-6,13H,7-9H2,1-2H3,(H,20,21,22). The van der Waals surface area contributed by atoms with Crippen LogP contribution in [0.25, 0.3) is 10.2 Å². The molecule has 1 aromatic carbocycles. The maximum absolute atomic E-state index is 12.6. The van der Waals surface area contributed by atoms with E-state index in [0.717, 1.165) is 11.3 Å². The Morgan fingerprint density at radius 1 is 1.32 bits per heavy atom. The quantitative estimate of drug-likeness (QED) is 0.517. The lowest BCUT2D eigenvalue weighted by atomic mass is 10.2. The van der Waals surface area contributed by atoms with Crippen LogP contribution < -0.4 is 15.0 Å². The van der Waals surface area contributed by atoms with E-state index in [1.54, 1.807) is 13.0 Å². The van der Waals surface area contributed by atoms with Gasteiger partial charge < -0.3 is 23.9 Å². The number of para-hydroxylation sites is 2.